The van der Waals surface area contributed by atoms with Crippen molar-refractivity contribution in [2.75, 3.05) is 32.7 Å². The molecule has 1 fully saturated rings. The van der Waals surface area contributed by atoms with Crippen LogP contribution in [-0.2, 0) is 16.4 Å². The van der Waals surface area contributed by atoms with Crippen molar-refractivity contribution < 1.29 is 31.5 Å². The third kappa shape index (κ3) is 6.48. The standard InChI is InChI=1S/C22H25F2N3O5S/c1-16(28)18-4-8-20(9-5-18)33(30,31)27-14-12-26(13-15-27)22(29)25-11-10-17-2-6-19(7-3-17)32-21(23)24/h2-9,21H,10-15H2,1H3,(H,25,29). The minimum absolute atomic E-state index is 0.0698. The van der Waals surface area contributed by atoms with Crippen LogP contribution < -0.4 is 10.1 Å². The van der Waals surface area contributed by atoms with Crippen molar-refractivity contribution in [2.45, 2.75) is 24.9 Å². The van der Waals surface area contributed by atoms with Gasteiger partial charge < -0.3 is 15.0 Å². The summed E-state index contributed by atoms with van der Waals surface area (Å²) < 4.78 is 55.6. The number of urea groups is 1. The van der Waals surface area contributed by atoms with Gasteiger partial charge in [0.15, 0.2) is 5.78 Å². The van der Waals surface area contributed by atoms with Gasteiger partial charge in [-0.1, -0.05) is 24.3 Å². The van der Waals surface area contributed by atoms with Crippen molar-refractivity contribution in [3.8, 4) is 5.75 Å². The first-order chi connectivity index (χ1) is 15.7. The number of nitrogens with zero attached hydrogens (tertiary/aromatic N) is 2. The number of hydrogen-bond donors (Lipinski definition) is 1. The number of carbonyl (C=O) groups excluding carboxylic acids is 2. The Bertz CT molecular complexity index is 1070. The van der Waals surface area contributed by atoms with Crippen molar-refractivity contribution in [2.24, 2.45) is 0 Å². The van der Waals surface area contributed by atoms with E-state index in [1.807, 2.05) is 0 Å². The van der Waals surface area contributed by atoms with Crippen molar-refractivity contribution in [1.29, 1.82) is 0 Å². The van der Waals surface area contributed by atoms with E-state index in [0.29, 0.717) is 18.5 Å². The Hall–Kier alpha value is -3.05. The normalized spacial score (nSPS) is 14.8. The Morgan fingerprint density at radius 3 is 2.15 bits per heavy atom. The number of nitrogens with one attached hydrogen (secondary N) is 1. The molecule has 1 aliphatic rings. The topological polar surface area (TPSA) is 96.0 Å². The number of halogens is 2. The maximum absolute atomic E-state index is 12.8. The third-order valence-electron chi connectivity index (χ3n) is 5.26. The maximum Gasteiger partial charge on any atom is 0.387 e. The van der Waals surface area contributed by atoms with Gasteiger partial charge in [0.2, 0.25) is 10.0 Å². The van der Waals surface area contributed by atoms with Gasteiger partial charge in [-0.15, -0.1) is 0 Å². The summed E-state index contributed by atoms with van der Waals surface area (Å²) >= 11 is 0. The van der Waals surface area contributed by atoms with E-state index in [1.165, 1.54) is 47.6 Å². The van der Waals surface area contributed by atoms with Crippen LogP contribution in [0.4, 0.5) is 13.6 Å². The first-order valence-corrected chi connectivity index (χ1v) is 11.8. The highest BCUT2D eigenvalue weighted by Crippen LogP contribution is 2.19. The summed E-state index contributed by atoms with van der Waals surface area (Å²) in [6.45, 7) is -0.305. The molecule has 33 heavy (non-hydrogen) atoms. The zero-order valence-corrected chi connectivity index (χ0v) is 18.9. The Morgan fingerprint density at radius 2 is 1.61 bits per heavy atom. The number of Topliss-reactive ketones (excluding diaryl/α,β-unsaturated/α-hetero) is 1. The lowest BCUT2D eigenvalue weighted by Crippen LogP contribution is -2.53. The second kappa shape index (κ2) is 10.7. The predicted molar refractivity (Wildman–Crippen MR) is 117 cm³/mol. The zero-order chi connectivity index (χ0) is 24.0. The SMILES string of the molecule is CC(=O)c1ccc(S(=O)(=O)N2CCN(C(=O)NCCc3ccc(OC(F)F)cc3)CC2)cc1. The van der Waals surface area contributed by atoms with E-state index in [1.54, 1.807) is 17.0 Å². The lowest BCUT2D eigenvalue weighted by molar-refractivity contribution is -0.0498. The summed E-state index contributed by atoms with van der Waals surface area (Å²) in [6.07, 6.45) is 0.505. The summed E-state index contributed by atoms with van der Waals surface area (Å²) in [4.78, 5) is 25.4. The fraction of sp³-hybridized carbons (Fsp3) is 0.364. The Morgan fingerprint density at radius 1 is 1.00 bits per heavy atom. The van der Waals surface area contributed by atoms with Crippen molar-refractivity contribution in [3.05, 3.63) is 59.7 Å². The summed E-state index contributed by atoms with van der Waals surface area (Å²) in [5, 5.41) is 2.79. The fourth-order valence-corrected chi connectivity index (χ4v) is 4.83. The van der Waals surface area contributed by atoms with Gasteiger partial charge in [-0.25, -0.2) is 13.2 Å². The number of sulfonamides is 1. The molecule has 0 bridgehead atoms. The van der Waals surface area contributed by atoms with Crippen LogP contribution in [0.15, 0.2) is 53.4 Å². The van der Waals surface area contributed by atoms with E-state index in [4.69, 9.17) is 0 Å². The first-order valence-electron chi connectivity index (χ1n) is 10.3. The first kappa shape index (κ1) is 24.6. The van der Waals surface area contributed by atoms with E-state index in [9.17, 15) is 26.8 Å². The number of benzene rings is 2. The number of ether oxygens (including phenoxy) is 1. The molecule has 2 aromatic carbocycles. The number of hydrogen-bond acceptors (Lipinski definition) is 5. The Balaban J connectivity index is 1.46. The monoisotopic (exact) mass is 481 g/mol. The molecule has 11 heteroatoms. The highest BCUT2D eigenvalue weighted by atomic mass is 32.2. The van der Waals surface area contributed by atoms with Gasteiger partial charge in [-0.05, 0) is 43.2 Å². The molecule has 0 atom stereocenters. The van der Waals surface area contributed by atoms with Crippen molar-refractivity contribution in [3.63, 3.8) is 0 Å². The van der Waals surface area contributed by atoms with E-state index >= 15 is 0 Å². The number of amides is 2. The molecule has 0 aliphatic carbocycles. The Labute approximate surface area is 191 Å². The Kier molecular flexibility index (Phi) is 7.98. The van der Waals surface area contributed by atoms with E-state index < -0.39 is 16.6 Å². The van der Waals surface area contributed by atoms with Crippen LogP contribution in [0.1, 0.15) is 22.8 Å². The van der Waals surface area contributed by atoms with Gasteiger partial charge in [-0.2, -0.15) is 13.1 Å². The molecular formula is C22H25F2N3O5S. The molecule has 2 amide bonds. The molecule has 1 aliphatic heterocycles. The van der Waals surface area contributed by atoms with E-state index in [-0.39, 0.29) is 48.6 Å². The highest BCUT2D eigenvalue weighted by Gasteiger charge is 2.30. The van der Waals surface area contributed by atoms with Crippen LogP contribution in [0.2, 0.25) is 0 Å². The molecule has 1 heterocycles. The van der Waals surface area contributed by atoms with Crippen LogP contribution >= 0.6 is 0 Å². The van der Waals surface area contributed by atoms with Crippen LogP contribution in [0.3, 0.4) is 0 Å². The summed E-state index contributed by atoms with van der Waals surface area (Å²) in [6, 6.07) is 11.7. The predicted octanol–water partition coefficient (Wildman–Crippen LogP) is 2.75. The molecule has 178 valence electrons. The second-order valence-electron chi connectivity index (χ2n) is 7.48. The minimum Gasteiger partial charge on any atom is -0.435 e. The minimum atomic E-state index is -3.71. The zero-order valence-electron chi connectivity index (χ0n) is 18.0. The van der Waals surface area contributed by atoms with Crippen LogP contribution in [0.5, 0.6) is 5.75 Å². The quantitative estimate of drug-likeness (QED) is 0.585. The van der Waals surface area contributed by atoms with Gasteiger partial charge in [0.25, 0.3) is 0 Å². The molecule has 2 aromatic rings. The number of carbonyl (C=O) groups is 2. The summed E-state index contributed by atoms with van der Waals surface area (Å²) in [7, 11) is -3.71. The largest absolute Gasteiger partial charge is 0.435 e. The molecule has 0 aromatic heterocycles. The maximum atomic E-state index is 12.8. The molecule has 8 nitrogen and oxygen atoms in total. The number of ketones is 1. The number of rotatable bonds is 8. The third-order valence-corrected chi connectivity index (χ3v) is 7.18. The highest BCUT2D eigenvalue weighted by molar-refractivity contribution is 7.89. The molecule has 3 rings (SSSR count). The molecule has 0 saturated carbocycles. The van der Waals surface area contributed by atoms with Gasteiger partial charge in [0, 0.05) is 38.3 Å². The number of piperazine rings is 1. The van der Waals surface area contributed by atoms with E-state index in [0.717, 1.165) is 5.56 Å². The smallest absolute Gasteiger partial charge is 0.387 e. The fourth-order valence-electron chi connectivity index (χ4n) is 3.41. The average molecular weight is 482 g/mol. The summed E-state index contributed by atoms with van der Waals surface area (Å²) in [5.74, 6) is -0.0725. The molecular weight excluding hydrogens is 456 g/mol. The number of alkyl halides is 2. The van der Waals surface area contributed by atoms with Crippen molar-refractivity contribution in [1.82, 2.24) is 14.5 Å². The molecule has 0 unspecified atom stereocenters. The van der Waals surface area contributed by atoms with E-state index in [2.05, 4.69) is 10.1 Å². The van der Waals surface area contributed by atoms with Crippen molar-refractivity contribution >= 4 is 21.8 Å². The van der Waals surface area contributed by atoms with Crippen LogP contribution in [0, 0.1) is 0 Å². The van der Waals surface area contributed by atoms with Gasteiger partial charge in [0.05, 0.1) is 4.90 Å². The lowest BCUT2D eigenvalue weighted by atomic mass is 10.1. The molecule has 0 spiro atoms. The average Bonchev–Trinajstić information content (AvgIpc) is 2.80. The van der Waals surface area contributed by atoms with Crippen LogP contribution in [0.25, 0.3) is 0 Å². The molecule has 1 N–H and O–H groups in total. The lowest BCUT2D eigenvalue weighted by Gasteiger charge is -2.34. The summed E-state index contributed by atoms with van der Waals surface area (Å²) in [5.41, 5.74) is 1.29. The van der Waals surface area contributed by atoms with Gasteiger partial charge >= 0.3 is 12.6 Å². The molecule has 1 saturated heterocycles. The second-order valence-corrected chi connectivity index (χ2v) is 9.41. The van der Waals surface area contributed by atoms with Crippen LogP contribution in [-0.4, -0.2) is 68.8 Å². The van der Waals surface area contributed by atoms with Gasteiger partial charge in [-0.3, -0.25) is 4.79 Å². The van der Waals surface area contributed by atoms with Gasteiger partial charge in [0.1, 0.15) is 5.75 Å². The molecule has 0 radical (unpaired) electrons.